The minimum absolute atomic E-state index is 0.0362. The van der Waals surface area contributed by atoms with E-state index in [0.717, 1.165) is 5.69 Å². The fraction of sp³-hybridized carbons (Fsp3) is 0.200. The van der Waals surface area contributed by atoms with Gasteiger partial charge in [0.1, 0.15) is 18.1 Å². The molecule has 0 radical (unpaired) electrons. The summed E-state index contributed by atoms with van der Waals surface area (Å²) in [5.41, 5.74) is 1.54. The third kappa shape index (κ3) is 2.88. The highest BCUT2D eigenvalue weighted by Crippen LogP contribution is 2.31. The molecule has 1 aliphatic rings. The molecule has 0 bridgehead atoms. The Morgan fingerprint density at radius 3 is 3.10 bits per heavy atom. The summed E-state index contributed by atoms with van der Waals surface area (Å²) in [6, 6.07) is 11.1. The Morgan fingerprint density at radius 2 is 2.25 bits per heavy atom. The summed E-state index contributed by atoms with van der Waals surface area (Å²) in [6.45, 7) is 0.772. The number of aromatic nitrogens is 1. The largest absolute Gasteiger partial charge is 0.491 e. The molecule has 5 nitrogen and oxygen atoms in total. The molecule has 5 heteroatoms. The second kappa shape index (κ2) is 5.61. The summed E-state index contributed by atoms with van der Waals surface area (Å²) < 4.78 is 11.2. The average molecular weight is 270 g/mol. The van der Waals surface area contributed by atoms with Gasteiger partial charge in [0.25, 0.3) is 0 Å². The number of carbonyl (C=O) groups is 1. The maximum Gasteiger partial charge on any atom is 0.227 e. The van der Waals surface area contributed by atoms with E-state index in [4.69, 9.17) is 9.47 Å². The Morgan fingerprint density at radius 1 is 1.30 bits per heavy atom. The first kappa shape index (κ1) is 12.5. The minimum Gasteiger partial charge on any atom is -0.491 e. The van der Waals surface area contributed by atoms with Crippen LogP contribution >= 0.6 is 0 Å². The van der Waals surface area contributed by atoms with Gasteiger partial charge >= 0.3 is 0 Å². The van der Waals surface area contributed by atoms with Gasteiger partial charge in [-0.1, -0.05) is 6.07 Å². The Kier molecular flexibility index (Phi) is 3.50. The first-order valence-corrected chi connectivity index (χ1v) is 6.41. The van der Waals surface area contributed by atoms with Crippen molar-refractivity contribution >= 4 is 11.6 Å². The van der Waals surface area contributed by atoms with Crippen LogP contribution in [0.1, 0.15) is 12.1 Å². The quantitative estimate of drug-likeness (QED) is 0.930. The van der Waals surface area contributed by atoms with Crippen molar-refractivity contribution < 1.29 is 14.3 Å². The van der Waals surface area contributed by atoms with Crippen LogP contribution in [0.25, 0.3) is 0 Å². The normalized spacial score (nSPS) is 13.7. The van der Waals surface area contributed by atoms with Crippen molar-refractivity contribution in [3.63, 3.8) is 0 Å². The SMILES string of the molecule is O=C1CCOc2cc(OCc3ccccn3)ccc2N1. The Hall–Kier alpha value is -2.56. The Labute approximate surface area is 116 Å². The standard InChI is InChI=1S/C15H14N2O3/c18-15-6-8-19-14-9-12(4-5-13(14)17-15)20-10-11-3-1-2-7-16-11/h1-5,7,9H,6,8,10H2,(H,17,18). The number of benzene rings is 1. The van der Waals surface area contributed by atoms with Crippen LogP contribution in [0.4, 0.5) is 5.69 Å². The van der Waals surface area contributed by atoms with E-state index in [1.807, 2.05) is 18.2 Å². The highest BCUT2D eigenvalue weighted by Gasteiger charge is 2.14. The maximum atomic E-state index is 11.4. The molecule has 0 unspecified atom stereocenters. The van der Waals surface area contributed by atoms with Crippen LogP contribution in [0.5, 0.6) is 11.5 Å². The van der Waals surface area contributed by atoms with Gasteiger partial charge in [0.05, 0.1) is 24.4 Å². The molecular weight excluding hydrogens is 256 g/mol. The zero-order chi connectivity index (χ0) is 13.8. The van der Waals surface area contributed by atoms with E-state index in [0.29, 0.717) is 36.8 Å². The van der Waals surface area contributed by atoms with E-state index in [-0.39, 0.29) is 5.91 Å². The number of ether oxygens (including phenoxy) is 2. The molecule has 1 aromatic heterocycles. The van der Waals surface area contributed by atoms with Gasteiger partial charge in [0.2, 0.25) is 5.91 Å². The smallest absolute Gasteiger partial charge is 0.227 e. The van der Waals surface area contributed by atoms with Crippen molar-refractivity contribution in [2.45, 2.75) is 13.0 Å². The molecule has 1 aliphatic heterocycles. The molecular formula is C15H14N2O3. The zero-order valence-electron chi connectivity index (χ0n) is 10.8. The molecule has 0 saturated heterocycles. The van der Waals surface area contributed by atoms with Gasteiger partial charge in [-0.3, -0.25) is 9.78 Å². The highest BCUT2D eigenvalue weighted by molar-refractivity contribution is 5.93. The highest BCUT2D eigenvalue weighted by atomic mass is 16.5. The van der Waals surface area contributed by atoms with Crippen LogP contribution in [0.15, 0.2) is 42.6 Å². The third-order valence-corrected chi connectivity index (χ3v) is 2.93. The lowest BCUT2D eigenvalue weighted by atomic mass is 10.2. The molecule has 1 amide bonds. The van der Waals surface area contributed by atoms with Gasteiger partial charge in [-0.15, -0.1) is 0 Å². The number of rotatable bonds is 3. The zero-order valence-corrected chi connectivity index (χ0v) is 10.8. The van der Waals surface area contributed by atoms with E-state index in [2.05, 4.69) is 10.3 Å². The fourth-order valence-corrected chi connectivity index (χ4v) is 1.92. The summed E-state index contributed by atoms with van der Waals surface area (Å²) in [7, 11) is 0. The molecule has 0 aliphatic carbocycles. The number of anilines is 1. The minimum atomic E-state index is -0.0362. The van der Waals surface area contributed by atoms with E-state index in [1.54, 1.807) is 24.4 Å². The first-order chi connectivity index (χ1) is 9.81. The van der Waals surface area contributed by atoms with Crippen LogP contribution in [0.3, 0.4) is 0 Å². The van der Waals surface area contributed by atoms with E-state index >= 15 is 0 Å². The summed E-state index contributed by atoms with van der Waals surface area (Å²) in [4.78, 5) is 15.6. The number of nitrogens with one attached hydrogen (secondary N) is 1. The third-order valence-electron chi connectivity index (χ3n) is 2.93. The Balaban J connectivity index is 1.72. The van der Waals surface area contributed by atoms with Gasteiger partial charge < -0.3 is 14.8 Å². The molecule has 1 N–H and O–H groups in total. The lowest BCUT2D eigenvalue weighted by Crippen LogP contribution is -2.10. The predicted octanol–water partition coefficient (Wildman–Crippen LogP) is 2.38. The molecule has 0 saturated carbocycles. The van der Waals surface area contributed by atoms with Crippen LogP contribution in [0.2, 0.25) is 0 Å². The second-order valence-corrected chi connectivity index (χ2v) is 4.41. The molecule has 0 atom stereocenters. The van der Waals surface area contributed by atoms with Crippen molar-refractivity contribution in [1.82, 2.24) is 4.98 Å². The van der Waals surface area contributed by atoms with Gasteiger partial charge in [0.15, 0.2) is 0 Å². The predicted molar refractivity (Wildman–Crippen MR) is 73.8 cm³/mol. The van der Waals surface area contributed by atoms with Crippen molar-refractivity contribution in [3.05, 3.63) is 48.3 Å². The molecule has 2 aromatic rings. The molecule has 3 rings (SSSR count). The molecule has 0 fully saturated rings. The van der Waals surface area contributed by atoms with Crippen molar-refractivity contribution in [2.75, 3.05) is 11.9 Å². The lowest BCUT2D eigenvalue weighted by molar-refractivity contribution is -0.116. The summed E-state index contributed by atoms with van der Waals surface area (Å²) in [5, 5.41) is 2.79. The second-order valence-electron chi connectivity index (χ2n) is 4.41. The topological polar surface area (TPSA) is 60.5 Å². The number of carbonyl (C=O) groups excluding carboxylic acids is 1. The van der Waals surface area contributed by atoms with Crippen molar-refractivity contribution in [3.8, 4) is 11.5 Å². The van der Waals surface area contributed by atoms with Gasteiger partial charge in [-0.25, -0.2) is 0 Å². The number of amides is 1. The molecule has 0 spiro atoms. The van der Waals surface area contributed by atoms with Crippen LogP contribution < -0.4 is 14.8 Å². The van der Waals surface area contributed by atoms with Crippen molar-refractivity contribution in [2.24, 2.45) is 0 Å². The molecule has 1 aromatic carbocycles. The van der Waals surface area contributed by atoms with E-state index in [9.17, 15) is 4.79 Å². The number of hydrogen-bond donors (Lipinski definition) is 1. The lowest BCUT2D eigenvalue weighted by Gasteiger charge is -2.10. The van der Waals surface area contributed by atoms with Crippen LogP contribution in [-0.2, 0) is 11.4 Å². The summed E-state index contributed by atoms with van der Waals surface area (Å²) in [5.74, 6) is 1.28. The van der Waals surface area contributed by atoms with Crippen molar-refractivity contribution in [1.29, 1.82) is 0 Å². The number of fused-ring (bicyclic) bond motifs is 1. The van der Waals surface area contributed by atoms with Crippen LogP contribution in [-0.4, -0.2) is 17.5 Å². The van der Waals surface area contributed by atoms with E-state index in [1.165, 1.54) is 0 Å². The number of nitrogens with zero attached hydrogens (tertiary/aromatic N) is 1. The summed E-state index contributed by atoms with van der Waals surface area (Å²) in [6.07, 6.45) is 2.09. The Bertz CT molecular complexity index is 614. The number of hydrogen-bond acceptors (Lipinski definition) is 4. The van der Waals surface area contributed by atoms with Crippen LogP contribution in [0, 0.1) is 0 Å². The van der Waals surface area contributed by atoms with Gasteiger partial charge in [-0.2, -0.15) is 0 Å². The van der Waals surface area contributed by atoms with E-state index < -0.39 is 0 Å². The maximum absolute atomic E-state index is 11.4. The molecule has 20 heavy (non-hydrogen) atoms. The first-order valence-electron chi connectivity index (χ1n) is 6.41. The van der Waals surface area contributed by atoms with Gasteiger partial charge in [-0.05, 0) is 24.3 Å². The van der Waals surface area contributed by atoms with Gasteiger partial charge in [0, 0.05) is 12.3 Å². The molecule has 2 heterocycles. The average Bonchev–Trinajstić information content (AvgIpc) is 2.66. The number of pyridine rings is 1. The fourth-order valence-electron chi connectivity index (χ4n) is 1.92. The monoisotopic (exact) mass is 270 g/mol. The summed E-state index contributed by atoms with van der Waals surface area (Å²) >= 11 is 0. The molecule has 102 valence electrons.